The molecule has 142 valence electrons. The third kappa shape index (κ3) is 4.44. The SMILES string of the molecule is O=C(Cn1c(=O)cnc2ccccc21)Nc1cccc(C=Cc2ccccn2)c1. The molecule has 0 aliphatic carbocycles. The van der Waals surface area contributed by atoms with Crippen LogP contribution in [0.5, 0.6) is 0 Å². The van der Waals surface area contributed by atoms with E-state index >= 15 is 0 Å². The van der Waals surface area contributed by atoms with Crippen molar-refractivity contribution in [2.75, 3.05) is 5.32 Å². The molecule has 6 heteroatoms. The van der Waals surface area contributed by atoms with Gasteiger partial charge < -0.3 is 5.32 Å². The summed E-state index contributed by atoms with van der Waals surface area (Å²) >= 11 is 0. The quantitative estimate of drug-likeness (QED) is 0.572. The first kappa shape index (κ1) is 18.3. The summed E-state index contributed by atoms with van der Waals surface area (Å²) in [6.07, 6.45) is 6.81. The number of nitrogens with one attached hydrogen (secondary N) is 1. The zero-order chi connectivity index (χ0) is 20.1. The lowest BCUT2D eigenvalue weighted by Crippen LogP contribution is -2.27. The summed E-state index contributed by atoms with van der Waals surface area (Å²) in [6, 6.07) is 20.4. The molecule has 0 atom stereocenters. The van der Waals surface area contributed by atoms with Crippen molar-refractivity contribution in [2.24, 2.45) is 0 Å². The highest BCUT2D eigenvalue weighted by atomic mass is 16.2. The van der Waals surface area contributed by atoms with Gasteiger partial charge in [0.15, 0.2) is 0 Å². The van der Waals surface area contributed by atoms with Gasteiger partial charge in [0.05, 0.1) is 22.9 Å². The Bertz CT molecular complexity index is 1250. The van der Waals surface area contributed by atoms with Gasteiger partial charge in [0.25, 0.3) is 5.56 Å². The molecular weight excluding hydrogens is 364 g/mol. The Hall–Kier alpha value is -4.06. The summed E-state index contributed by atoms with van der Waals surface area (Å²) in [6.45, 7) is -0.0874. The van der Waals surface area contributed by atoms with Gasteiger partial charge in [0.2, 0.25) is 5.91 Å². The number of pyridine rings is 1. The van der Waals surface area contributed by atoms with Gasteiger partial charge in [-0.3, -0.25) is 19.1 Å². The summed E-state index contributed by atoms with van der Waals surface area (Å²) in [5, 5.41) is 2.85. The molecule has 2 aromatic heterocycles. The zero-order valence-electron chi connectivity index (χ0n) is 15.5. The minimum absolute atomic E-state index is 0.0874. The number of aromatic nitrogens is 3. The van der Waals surface area contributed by atoms with E-state index in [0.717, 1.165) is 11.3 Å². The molecule has 6 nitrogen and oxygen atoms in total. The van der Waals surface area contributed by atoms with Crippen LogP contribution in [-0.4, -0.2) is 20.4 Å². The third-order valence-electron chi connectivity index (χ3n) is 4.36. The highest BCUT2D eigenvalue weighted by Gasteiger charge is 2.09. The van der Waals surface area contributed by atoms with E-state index in [1.807, 2.05) is 66.7 Å². The minimum Gasteiger partial charge on any atom is -0.325 e. The molecule has 0 fully saturated rings. The first-order valence-corrected chi connectivity index (χ1v) is 9.13. The molecule has 2 heterocycles. The number of benzene rings is 2. The van der Waals surface area contributed by atoms with Crippen LogP contribution in [0.4, 0.5) is 5.69 Å². The largest absolute Gasteiger partial charge is 0.325 e. The lowest BCUT2D eigenvalue weighted by molar-refractivity contribution is -0.116. The van der Waals surface area contributed by atoms with Gasteiger partial charge in [-0.15, -0.1) is 0 Å². The van der Waals surface area contributed by atoms with E-state index in [2.05, 4.69) is 15.3 Å². The number of hydrogen-bond acceptors (Lipinski definition) is 4. The number of carbonyl (C=O) groups is 1. The average molecular weight is 382 g/mol. The molecule has 0 bridgehead atoms. The Balaban J connectivity index is 1.50. The molecule has 0 radical (unpaired) electrons. The van der Waals surface area contributed by atoms with Crippen LogP contribution < -0.4 is 10.9 Å². The number of fused-ring (bicyclic) bond motifs is 1. The molecule has 0 aliphatic heterocycles. The number of carbonyl (C=O) groups excluding carboxylic acids is 1. The zero-order valence-corrected chi connectivity index (χ0v) is 15.5. The molecule has 1 N–H and O–H groups in total. The summed E-state index contributed by atoms with van der Waals surface area (Å²) in [4.78, 5) is 33.1. The van der Waals surface area contributed by atoms with Crippen molar-refractivity contribution in [1.82, 2.24) is 14.5 Å². The number of anilines is 1. The molecule has 4 aromatic rings. The Morgan fingerprint density at radius 1 is 0.966 bits per heavy atom. The lowest BCUT2D eigenvalue weighted by Gasteiger charge is -2.10. The second-order valence-electron chi connectivity index (χ2n) is 6.43. The first-order chi connectivity index (χ1) is 14.2. The molecule has 0 unspecified atom stereocenters. The first-order valence-electron chi connectivity index (χ1n) is 9.13. The van der Waals surface area contributed by atoms with Gasteiger partial charge in [0.1, 0.15) is 6.54 Å². The Morgan fingerprint density at radius 2 is 1.83 bits per heavy atom. The van der Waals surface area contributed by atoms with Gasteiger partial charge >= 0.3 is 0 Å². The van der Waals surface area contributed by atoms with Gasteiger partial charge in [-0.05, 0) is 48.0 Å². The second-order valence-corrected chi connectivity index (χ2v) is 6.43. The van der Waals surface area contributed by atoms with Crippen molar-refractivity contribution in [3.63, 3.8) is 0 Å². The van der Waals surface area contributed by atoms with E-state index in [1.165, 1.54) is 10.8 Å². The molecule has 1 amide bonds. The molecule has 0 saturated heterocycles. The minimum atomic E-state index is -0.314. The number of para-hydroxylation sites is 2. The van der Waals surface area contributed by atoms with Crippen molar-refractivity contribution >= 4 is 34.8 Å². The molecule has 2 aromatic carbocycles. The maximum Gasteiger partial charge on any atom is 0.269 e. The van der Waals surface area contributed by atoms with Crippen LogP contribution in [0.1, 0.15) is 11.3 Å². The fourth-order valence-electron chi connectivity index (χ4n) is 3.00. The predicted molar refractivity (Wildman–Crippen MR) is 114 cm³/mol. The molecular formula is C23H18N4O2. The highest BCUT2D eigenvalue weighted by Crippen LogP contribution is 2.14. The fraction of sp³-hybridized carbons (Fsp3) is 0.0435. The van der Waals surface area contributed by atoms with E-state index in [4.69, 9.17) is 0 Å². The summed E-state index contributed by atoms with van der Waals surface area (Å²) in [5.41, 5.74) is 3.42. The van der Waals surface area contributed by atoms with Crippen molar-refractivity contribution < 1.29 is 4.79 Å². The van der Waals surface area contributed by atoms with Crippen LogP contribution in [0, 0.1) is 0 Å². The number of rotatable bonds is 5. The van der Waals surface area contributed by atoms with Crippen molar-refractivity contribution in [3.8, 4) is 0 Å². The van der Waals surface area contributed by atoms with Crippen LogP contribution in [0.25, 0.3) is 23.2 Å². The number of hydrogen-bond donors (Lipinski definition) is 1. The lowest BCUT2D eigenvalue weighted by atomic mass is 10.1. The Labute approximate surface area is 167 Å². The average Bonchev–Trinajstić information content (AvgIpc) is 2.75. The maximum absolute atomic E-state index is 12.5. The third-order valence-corrected chi connectivity index (χ3v) is 4.36. The molecule has 0 spiro atoms. The van der Waals surface area contributed by atoms with Gasteiger partial charge in [-0.2, -0.15) is 0 Å². The van der Waals surface area contributed by atoms with E-state index < -0.39 is 0 Å². The monoisotopic (exact) mass is 382 g/mol. The smallest absolute Gasteiger partial charge is 0.269 e. The van der Waals surface area contributed by atoms with Gasteiger partial charge in [-0.1, -0.05) is 36.4 Å². The van der Waals surface area contributed by atoms with Gasteiger partial charge in [-0.25, -0.2) is 4.98 Å². The number of amides is 1. The standard InChI is InChI=1S/C23H18N4O2/c28-22(16-27-21-10-2-1-9-20(21)25-15-23(27)29)26-19-8-5-6-17(14-19)11-12-18-7-3-4-13-24-18/h1-15H,16H2,(H,26,28). The van der Waals surface area contributed by atoms with E-state index in [1.54, 1.807) is 18.3 Å². The Kier molecular flexibility index (Phi) is 5.25. The van der Waals surface area contributed by atoms with Crippen LogP contribution in [-0.2, 0) is 11.3 Å². The summed E-state index contributed by atoms with van der Waals surface area (Å²) in [5.74, 6) is -0.283. The maximum atomic E-state index is 12.5. The molecule has 0 aliphatic rings. The fourth-order valence-corrected chi connectivity index (χ4v) is 3.00. The van der Waals surface area contributed by atoms with Crippen LogP contribution in [0.3, 0.4) is 0 Å². The van der Waals surface area contributed by atoms with Crippen LogP contribution >= 0.6 is 0 Å². The molecule has 0 saturated carbocycles. The van der Waals surface area contributed by atoms with Crippen molar-refractivity contribution in [3.05, 3.63) is 101 Å². The second kappa shape index (κ2) is 8.31. The molecule has 29 heavy (non-hydrogen) atoms. The van der Waals surface area contributed by atoms with Crippen molar-refractivity contribution in [2.45, 2.75) is 6.54 Å². The highest BCUT2D eigenvalue weighted by molar-refractivity contribution is 5.92. The predicted octanol–water partition coefficient (Wildman–Crippen LogP) is 3.60. The van der Waals surface area contributed by atoms with Crippen LogP contribution in [0.2, 0.25) is 0 Å². The summed E-state index contributed by atoms with van der Waals surface area (Å²) < 4.78 is 1.42. The van der Waals surface area contributed by atoms with Crippen molar-refractivity contribution in [1.29, 1.82) is 0 Å². The van der Waals surface area contributed by atoms with E-state index in [-0.39, 0.29) is 18.0 Å². The van der Waals surface area contributed by atoms with E-state index in [0.29, 0.717) is 16.7 Å². The normalized spacial score (nSPS) is 11.0. The topological polar surface area (TPSA) is 76.9 Å². The molecule has 4 rings (SSSR count). The summed E-state index contributed by atoms with van der Waals surface area (Å²) in [7, 11) is 0. The Morgan fingerprint density at radius 3 is 2.69 bits per heavy atom. The van der Waals surface area contributed by atoms with Gasteiger partial charge in [0, 0.05) is 11.9 Å². The number of nitrogens with zero attached hydrogens (tertiary/aromatic N) is 3. The van der Waals surface area contributed by atoms with E-state index in [9.17, 15) is 9.59 Å². The van der Waals surface area contributed by atoms with Crippen LogP contribution in [0.15, 0.2) is 83.9 Å².